The van der Waals surface area contributed by atoms with E-state index in [1.165, 1.54) is 16.9 Å². The molecule has 1 fully saturated rings. The molecule has 1 saturated heterocycles. The predicted octanol–water partition coefficient (Wildman–Crippen LogP) is 2.18. The van der Waals surface area contributed by atoms with Crippen molar-refractivity contribution in [1.29, 1.82) is 0 Å². The summed E-state index contributed by atoms with van der Waals surface area (Å²) in [7, 11) is 0. The lowest BCUT2D eigenvalue weighted by Crippen LogP contribution is -2.26. The van der Waals surface area contributed by atoms with Gasteiger partial charge < -0.3 is 0 Å². The fourth-order valence-electron chi connectivity index (χ4n) is 3.69. The molecule has 2 aromatic carbocycles. The molecule has 0 bridgehead atoms. The maximum absolute atomic E-state index is 13.0. The number of hydrogen-bond acceptors (Lipinski definition) is 5. The third kappa shape index (κ3) is 2.38. The van der Waals surface area contributed by atoms with Crippen LogP contribution >= 0.6 is 11.3 Å². The standard InChI is InChI=1S/C20H18N4OS/c1-12-6-5-9-15-17(12)22-20-24(15)19(25)16(26-20)10-14-11-21-23-18(14)13-7-3-2-4-8-13/h2-10,14,18,21,23H,11H2,1H3/b16-10+. The third-order valence-corrected chi connectivity index (χ3v) is 6.01. The van der Waals surface area contributed by atoms with Gasteiger partial charge in [0.05, 0.1) is 21.6 Å². The average Bonchev–Trinajstić information content (AvgIpc) is 3.33. The average molecular weight is 362 g/mol. The Kier molecular flexibility index (Phi) is 3.63. The highest BCUT2D eigenvalue weighted by Crippen LogP contribution is 2.26. The second kappa shape index (κ2) is 6.02. The van der Waals surface area contributed by atoms with Crippen molar-refractivity contribution < 1.29 is 0 Å². The lowest BCUT2D eigenvalue weighted by molar-refractivity contribution is 0.551. The second-order valence-corrected chi connectivity index (χ2v) is 7.70. The van der Waals surface area contributed by atoms with Gasteiger partial charge >= 0.3 is 0 Å². The van der Waals surface area contributed by atoms with E-state index < -0.39 is 0 Å². The quantitative estimate of drug-likeness (QED) is 0.574. The fourth-order valence-corrected chi connectivity index (χ4v) is 4.72. The summed E-state index contributed by atoms with van der Waals surface area (Å²) in [6, 6.07) is 16.4. The minimum Gasteiger partial charge on any atom is -0.267 e. The van der Waals surface area contributed by atoms with Crippen LogP contribution in [0.4, 0.5) is 0 Å². The molecule has 1 aliphatic rings. The summed E-state index contributed by atoms with van der Waals surface area (Å²) in [5.41, 5.74) is 10.7. The number of aromatic nitrogens is 2. The van der Waals surface area contributed by atoms with E-state index in [1.54, 1.807) is 4.40 Å². The number of benzene rings is 2. The molecule has 0 amide bonds. The monoisotopic (exact) mass is 362 g/mol. The zero-order valence-electron chi connectivity index (χ0n) is 14.3. The first-order chi connectivity index (χ1) is 12.7. The summed E-state index contributed by atoms with van der Waals surface area (Å²) >= 11 is 1.47. The van der Waals surface area contributed by atoms with E-state index in [2.05, 4.69) is 34.0 Å². The summed E-state index contributed by atoms with van der Waals surface area (Å²) < 4.78 is 2.50. The van der Waals surface area contributed by atoms with E-state index in [4.69, 9.17) is 0 Å². The Morgan fingerprint density at radius 2 is 2.04 bits per heavy atom. The number of nitrogens with zero attached hydrogens (tertiary/aromatic N) is 2. The van der Waals surface area contributed by atoms with Gasteiger partial charge in [-0.15, -0.1) is 0 Å². The largest absolute Gasteiger partial charge is 0.274 e. The number of nitrogens with one attached hydrogen (secondary N) is 2. The molecule has 130 valence electrons. The lowest BCUT2D eigenvalue weighted by Gasteiger charge is -2.15. The summed E-state index contributed by atoms with van der Waals surface area (Å²) in [5, 5.41) is 0. The highest BCUT2D eigenvalue weighted by atomic mass is 32.1. The molecular weight excluding hydrogens is 344 g/mol. The topological polar surface area (TPSA) is 58.4 Å². The van der Waals surface area contributed by atoms with Crippen molar-refractivity contribution in [2.24, 2.45) is 5.92 Å². The maximum Gasteiger partial charge on any atom is 0.274 e. The Morgan fingerprint density at radius 1 is 1.19 bits per heavy atom. The number of aryl methyl sites for hydroxylation is 1. The Labute approximate surface area is 154 Å². The Morgan fingerprint density at radius 3 is 2.88 bits per heavy atom. The molecule has 2 aromatic heterocycles. The Balaban J connectivity index is 1.64. The Bertz CT molecular complexity index is 1210. The number of hydrogen-bond donors (Lipinski definition) is 2. The van der Waals surface area contributed by atoms with Crippen LogP contribution in [0.1, 0.15) is 17.2 Å². The molecule has 3 heterocycles. The van der Waals surface area contributed by atoms with Crippen LogP contribution in [-0.4, -0.2) is 15.9 Å². The first kappa shape index (κ1) is 15.7. The highest BCUT2D eigenvalue weighted by Gasteiger charge is 2.26. The summed E-state index contributed by atoms with van der Waals surface area (Å²) in [6.07, 6.45) is 2.09. The van der Waals surface area contributed by atoms with Crippen molar-refractivity contribution >= 4 is 33.4 Å². The van der Waals surface area contributed by atoms with Crippen LogP contribution in [0.15, 0.2) is 53.3 Å². The molecule has 4 aromatic rings. The zero-order valence-corrected chi connectivity index (χ0v) is 15.1. The van der Waals surface area contributed by atoms with Gasteiger partial charge in [-0.05, 0) is 24.1 Å². The molecule has 0 saturated carbocycles. The molecule has 5 nitrogen and oxygen atoms in total. The van der Waals surface area contributed by atoms with Crippen molar-refractivity contribution in [3.05, 3.63) is 74.5 Å². The molecule has 1 aliphatic heterocycles. The first-order valence-corrected chi connectivity index (χ1v) is 9.50. The molecule has 2 N–H and O–H groups in total. The van der Waals surface area contributed by atoms with Gasteiger partial charge in [0.25, 0.3) is 5.56 Å². The minimum atomic E-state index is 0.0248. The summed E-state index contributed by atoms with van der Waals surface area (Å²) in [4.78, 5) is 18.4. The molecular formula is C20H18N4OS. The van der Waals surface area contributed by atoms with Gasteiger partial charge in [-0.1, -0.05) is 59.9 Å². The molecule has 0 spiro atoms. The van der Waals surface area contributed by atoms with Gasteiger partial charge in [0, 0.05) is 12.5 Å². The molecule has 0 aliphatic carbocycles. The predicted molar refractivity (Wildman–Crippen MR) is 105 cm³/mol. The van der Waals surface area contributed by atoms with Crippen LogP contribution in [0.5, 0.6) is 0 Å². The van der Waals surface area contributed by atoms with Crippen LogP contribution in [0.25, 0.3) is 22.1 Å². The summed E-state index contributed by atoms with van der Waals surface area (Å²) in [5.74, 6) is 0.210. The van der Waals surface area contributed by atoms with Gasteiger partial charge in [0.2, 0.25) is 0 Å². The van der Waals surface area contributed by atoms with Crippen LogP contribution < -0.4 is 20.9 Å². The van der Waals surface area contributed by atoms with E-state index in [1.807, 2.05) is 43.3 Å². The van der Waals surface area contributed by atoms with Crippen molar-refractivity contribution in [1.82, 2.24) is 20.2 Å². The van der Waals surface area contributed by atoms with Crippen molar-refractivity contribution in [3.63, 3.8) is 0 Å². The minimum absolute atomic E-state index is 0.0248. The molecule has 2 atom stereocenters. The van der Waals surface area contributed by atoms with Crippen molar-refractivity contribution in [2.75, 3.05) is 6.54 Å². The number of hydrazine groups is 1. The van der Waals surface area contributed by atoms with Gasteiger partial charge in [0.1, 0.15) is 0 Å². The number of rotatable bonds is 2. The Hall–Kier alpha value is -2.54. The normalized spacial score (nSPS) is 21.2. The van der Waals surface area contributed by atoms with E-state index in [-0.39, 0.29) is 17.5 Å². The van der Waals surface area contributed by atoms with Gasteiger partial charge in [-0.25, -0.2) is 14.8 Å². The van der Waals surface area contributed by atoms with Crippen molar-refractivity contribution in [3.8, 4) is 0 Å². The van der Waals surface area contributed by atoms with E-state index in [0.29, 0.717) is 0 Å². The SMILES string of the molecule is Cc1cccc2c1nc1s/c(=C/C3CNNC3c3ccccc3)c(=O)n12. The van der Waals surface area contributed by atoms with E-state index >= 15 is 0 Å². The molecule has 0 radical (unpaired) electrons. The highest BCUT2D eigenvalue weighted by molar-refractivity contribution is 7.15. The number of imidazole rings is 1. The van der Waals surface area contributed by atoms with E-state index in [0.717, 1.165) is 32.6 Å². The zero-order chi connectivity index (χ0) is 17.7. The smallest absolute Gasteiger partial charge is 0.267 e. The van der Waals surface area contributed by atoms with Crippen LogP contribution in [0.3, 0.4) is 0 Å². The molecule has 6 heteroatoms. The van der Waals surface area contributed by atoms with E-state index in [9.17, 15) is 4.79 Å². The van der Waals surface area contributed by atoms with Crippen LogP contribution in [0, 0.1) is 12.8 Å². The molecule has 26 heavy (non-hydrogen) atoms. The van der Waals surface area contributed by atoms with Crippen LogP contribution in [-0.2, 0) is 0 Å². The van der Waals surface area contributed by atoms with Gasteiger partial charge in [-0.3, -0.25) is 10.2 Å². The lowest BCUT2D eigenvalue weighted by atomic mass is 9.95. The van der Waals surface area contributed by atoms with Gasteiger partial charge in [0.15, 0.2) is 4.96 Å². The van der Waals surface area contributed by atoms with Gasteiger partial charge in [-0.2, -0.15) is 0 Å². The number of fused-ring (bicyclic) bond motifs is 3. The molecule has 2 unspecified atom stereocenters. The maximum atomic E-state index is 13.0. The second-order valence-electron chi connectivity index (χ2n) is 6.69. The van der Waals surface area contributed by atoms with Crippen molar-refractivity contribution in [2.45, 2.75) is 13.0 Å². The third-order valence-electron chi connectivity index (χ3n) is 5.02. The molecule has 5 rings (SSSR count). The van der Waals surface area contributed by atoms with Crippen LogP contribution in [0.2, 0.25) is 0 Å². The number of thiazole rings is 1. The number of para-hydroxylation sites is 1. The fraction of sp³-hybridized carbons (Fsp3) is 0.200. The summed E-state index contributed by atoms with van der Waals surface area (Å²) in [6.45, 7) is 2.82. The first-order valence-electron chi connectivity index (χ1n) is 8.68.